The van der Waals surface area contributed by atoms with Crippen LogP contribution in [0.25, 0.3) is 0 Å². The summed E-state index contributed by atoms with van der Waals surface area (Å²) in [6.07, 6.45) is 1.11. The summed E-state index contributed by atoms with van der Waals surface area (Å²) >= 11 is 0. The Labute approximate surface area is 72.3 Å². The summed E-state index contributed by atoms with van der Waals surface area (Å²) in [5.74, 6) is -0.127. The number of ketones is 1. The lowest BCUT2D eigenvalue weighted by Crippen LogP contribution is -2.28. The van der Waals surface area contributed by atoms with E-state index in [2.05, 4.69) is 5.32 Å². The minimum absolute atomic E-state index is 0.0323. The van der Waals surface area contributed by atoms with Gasteiger partial charge in [0.05, 0.1) is 6.54 Å². The molecule has 0 aliphatic rings. The fourth-order valence-electron chi connectivity index (χ4n) is 0.689. The molecule has 0 bridgehead atoms. The number of Topliss-reactive ketones (excluding diaryl/α,β-unsaturated/α-hetero) is 1. The van der Waals surface area contributed by atoms with Crippen LogP contribution in [0.15, 0.2) is 0 Å². The van der Waals surface area contributed by atoms with Crippen molar-refractivity contribution in [3.05, 3.63) is 0 Å². The molecule has 1 N–H and O–H groups in total. The van der Waals surface area contributed by atoms with Crippen molar-refractivity contribution in [1.82, 2.24) is 5.32 Å². The van der Waals surface area contributed by atoms with E-state index in [-0.39, 0.29) is 18.2 Å². The van der Waals surface area contributed by atoms with Crippen molar-refractivity contribution in [2.24, 2.45) is 0 Å². The van der Waals surface area contributed by atoms with Gasteiger partial charge in [-0.25, -0.2) is 0 Å². The minimum Gasteiger partial charge on any atom is -0.385 e. The molecule has 0 radical (unpaired) electrons. The third-order valence-corrected chi connectivity index (χ3v) is 1.29. The Hall–Kier alpha value is -0.900. The lowest BCUT2D eigenvalue weighted by Gasteiger charge is -2.01. The summed E-state index contributed by atoms with van der Waals surface area (Å²) in [5, 5.41) is 2.50. The first-order valence-electron chi connectivity index (χ1n) is 3.92. The molecule has 0 aromatic carbocycles. The van der Waals surface area contributed by atoms with Gasteiger partial charge >= 0.3 is 0 Å². The first kappa shape index (κ1) is 11.1. The highest BCUT2D eigenvalue weighted by Gasteiger charge is 2.00. The zero-order valence-electron chi connectivity index (χ0n) is 7.55. The Morgan fingerprint density at radius 1 is 1.42 bits per heavy atom. The van der Waals surface area contributed by atoms with Crippen molar-refractivity contribution < 1.29 is 14.3 Å². The van der Waals surface area contributed by atoms with Crippen LogP contribution >= 0.6 is 0 Å². The van der Waals surface area contributed by atoms with Crippen LogP contribution in [-0.4, -0.2) is 32.0 Å². The van der Waals surface area contributed by atoms with Crippen molar-refractivity contribution in [3.63, 3.8) is 0 Å². The Morgan fingerprint density at radius 2 is 2.08 bits per heavy atom. The van der Waals surface area contributed by atoms with Crippen LogP contribution in [-0.2, 0) is 14.3 Å². The maximum absolute atomic E-state index is 10.9. The maximum Gasteiger partial charge on any atom is 0.220 e. The van der Waals surface area contributed by atoms with Gasteiger partial charge in [0.25, 0.3) is 0 Å². The van der Waals surface area contributed by atoms with Gasteiger partial charge in [0, 0.05) is 20.1 Å². The molecule has 4 nitrogen and oxygen atoms in total. The van der Waals surface area contributed by atoms with Gasteiger partial charge in [-0.3, -0.25) is 9.59 Å². The lowest BCUT2D eigenvalue weighted by molar-refractivity contribution is -0.124. The Morgan fingerprint density at radius 3 is 2.58 bits per heavy atom. The molecule has 0 saturated carbocycles. The van der Waals surface area contributed by atoms with Crippen molar-refractivity contribution in [3.8, 4) is 0 Å². The van der Waals surface area contributed by atoms with E-state index < -0.39 is 0 Å². The predicted molar refractivity (Wildman–Crippen MR) is 44.8 cm³/mol. The average Bonchev–Trinajstić information content (AvgIpc) is 2.01. The van der Waals surface area contributed by atoms with Gasteiger partial charge in [-0.05, 0) is 13.3 Å². The van der Waals surface area contributed by atoms with Crippen LogP contribution < -0.4 is 5.32 Å². The summed E-state index contributed by atoms with van der Waals surface area (Å²) in [4.78, 5) is 21.3. The van der Waals surface area contributed by atoms with E-state index in [9.17, 15) is 9.59 Å². The number of hydrogen-bond donors (Lipinski definition) is 1. The molecule has 0 aliphatic carbocycles. The lowest BCUT2D eigenvalue weighted by atomic mass is 10.3. The molecule has 0 aromatic rings. The van der Waals surface area contributed by atoms with Gasteiger partial charge in [0.15, 0.2) is 0 Å². The third-order valence-electron chi connectivity index (χ3n) is 1.29. The number of methoxy groups -OCH3 is 1. The molecule has 0 spiro atoms. The highest BCUT2D eigenvalue weighted by Crippen LogP contribution is 1.88. The second kappa shape index (κ2) is 6.79. The quantitative estimate of drug-likeness (QED) is 0.580. The second-order valence-corrected chi connectivity index (χ2v) is 2.58. The Balaban J connectivity index is 3.28. The Bertz CT molecular complexity index is 156. The molecule has 0 unspecified atom stereocenters. The summed E-state index contributed by atoms with van der Waals surface area (Å²) in [5.41, 5.74) is 0. The fraction of sp³-hybridized carbons (Fsp3) is 0.750. The SMILES string of the molecule is COCCCC(=O)NCC(C)=O. The van der Waals surface area contributed by atoms with Crippen LogP contribution in [0.1, 0.15) is 19.8 Å². The van der Waals surface area contributed by atoms with E-state index in [1.165, 1.54) is 6.92 Å². The summed E-state index contributed by atoms with van der Waals surface area (Å²) in [6.45, 7) is 2.15. The molecule has 0 aromatic heterocycles. The van der Waals surface area contributed by atoms with Crippen molar-refractivity contribution in [2.45, 2.75) is 19.8 Å². The van der Waals surface area contributed by atoms with Crippen LogP contribution in [0.2, 0.25) is 0 Å². The first-order valence-corrected chi connectivity index (χ1v) is 3.92. The fourth-order valence-corrected chi connectivity index (χ4v) is 0.689. The van der Waals surface area contributed by atoms with Crippen LogP contribution in [0.4, 0.5) is 0 Å². The highest BCUT2D eigenvalue weighted by atomic mass is 16.5. The van der Waals surface area contributed by atoms with Crippen LogP contribution in [0.5, 0.6) is 0 Å². The van der Waals surface area contributed by atoms with Gasteiger partial charge in [-0.2, -0.15) is 0 Å². The number of hydrogen-bond acceptors (Lipinski definition) is 3. The van der Waals surface area contributed by atoms with E-state index in [1.807, 2.05) is 0 Å². The normalized spacial score (nSPS) is 9.50. The van der Waals surface area contributed by atoms with Crippen molar-refractivity contribution >= 4 is 11.7 Å². The van der Waals surface area contributed by atoms with Gasteiger partial charge in [-0.1, -0.05) is 0 Å². The number of nitrogens with one attached hydrogen (secondary N) is 1. The average molecular weight is 173 g/mol. The predicted octanol–water partition coefficient (Wildman–Crippen LogP) is 0.118. The highest BCUT2D eigenvalue weighted by molar-refractivity contribution is 5.84. The molecule has 0 fully saturated rings. The molecule has 1 amide bonds. The monoisotopic (exact) mass is 173 g/mol. The topological polar surface area (TPSA) is 55.4 Å². The minimum atomic E-state index is -0.0951. The number of rotatable bonds is 6. The van der Waals surface area contributed by atoms with Crippen molar-refractivity contribution in [1.29, 1.82) is 0 Å². The third kappa shape index (κ3) is 7.21. The molecule has 4 heteroatoms. The van der Waals surface area contributed by atoms with E-state index in [1.54, 1.807) is 7.11 Å². The summed E-state index contributed by atoms with van der Waals surface area (Å²) in [6, 6.07) is 0. The largest absolute Gasteiger partial charge is 0.385 e. The number of carbonyl (C=O) groups excluding carboxylic acids is 2. The van der Waals surface area contributed by atoms with E-state index in [4.69, 9.17) is 4.74 Å². The van der Waals surface area contributed by atoms with Gasteiger partial charge < -0.3 is 10.1 Å². The van der Waals surface area contributed by atoms with E-state index in [0.717, 1.165) is 0 Å². The number of carbonyl (C=O) groups is 2. The van der Waals surface area contributed by atoms with Crippen LogP contribution in [0, 0.1) is 0 Å². The second-order valence-electron chi connectivity index (χ2n) is 2.58. The summed E-state index contributed by atoms with van der Waals surface area (Å²) in [7, 11) is 1.59. The molecule has 70 valence electrons. The van der Waals surface area contributed by atoms with Crippen LogP contribution in [0.3, 0.4) is 0 Å². The molecule has 0 saturated heterocycles. The molecular formula is C8H15NO3. The Kier molecular flexibility index (Phi) is 6.28. The smallest absolute Gasteiger partial charge is 0.220 e. The molecular weight excluding hydrogens is 158 g/mol. The number of amides is 1. The summed E-state index contributed by atoms with van der Waals surface area (Å²) < 4.78 is 4.77. The zero-order valence-corrected chi connectivity index (χ0v) is 7.55. The van der Waals surface area contributed by atoms with E-state index in [0.29, 0.717) is 19.4 Å². The van der Waals surface area contributed by atoms with Crippen molar-refractivity contribution in [2.75, 3.05) is 20.3 Å². The molecule has 0 rings (SSSR count). The molecule has 0 atom stereocenters. The van der Waals surface area contributed by atoms with Gasteiger partial charge in [0.1, 0.15) is 5.78 Å². The molecule has 0 aliphatic heterocycles. The van der Waals surface area contributed by atoms with Gasteiger partial charge in [0.2, 0.25) is 5.91 Å². The first-order chi connectivity index (χ1) is 5.66. The zero-order chi connectivity index (χ0) is 9.40. The number of ether oxygens (including phenoxy) is 1. The molecule has 12 heavy (non-hydrogen) atoms. The van der Waals surface area contributed by atoms with Gasteiger partial charge in [-0.15, -0.1) is 0 Å². The molecule has 0 heterocycles. The maximum atomic E-state index is 10.9. The van der Waals surface area contributed by atoms with E-state index >= 15 is 0 Å². The standard InChI is InChI=1S/C8H15NO3/c1-7(10)6-9-8(11)4-3-5-12-2/h3-6H2,1-2H3,(H,9,11).